The van der Waals surface area contributed by atoms with Crippen LogP contribution in [-0.2, 0) is 4.79 Å². The summed E-state index contributed by atoms with van der Waals surface area (Å²) >= 11 is 0. The molecule has 5 nitrogen and oxygen atoms in total. The largest absolute Gasteiger partial charge is 0.481 e. The highest BCUT2D eigenvalue weighted by molar-refractivity contribution is 5.69. The fourth-order valence-corrected chi connectivity index (χ4v) is 1.30. The van der Waals surface area contributed by atoms with Gasteiger partial charge >= 0.3 is 5.97 Å². The van der Waals surface area contributed by atoms with Crippen molar-refractivity contribution in [1.82, 2.24) is 5.32 Å². The van der Waals surface area contributed by atoms with Crippen LogP contribution in [0.4, 0.5) is 0 Å². The van der Waals surface area contributed by atoms with E-state index in [9.17, 15) is 4.79 Å². The maximum atomic E-state index is 10.4. The second-order valence-corrected chi connectivity index (χ2v) is 4.10. The van der Waals surface area contributed by atoms with E-state index in [2.05, 4.69) is 12.2 Å². The standard InChI is InChI=1S/C8H16O2.C4H11NO2/c1-3-5-6-7(4-2)8(9)10;1-3(6)5-4(2)7/h7H,3-6H2,1-2H3,(H,9,10);3-7H,1-2H3. The number of aliphatic carboxylic acids is 1. The Kier molecular flexibility index (Phi) is 13.0. The normalized spacial score (nSPS) is 15.4. The summed E-state index contributed by atoms with van der Waals surface area (Å²) in [5.74, 6) is -0.754. The van der Waals surface area contributed by atoms with Gasteiger partial charge in [-0.05, 0) is 26.7 Å². The van der Waals surface area contributed by atoms with Crippen LogP contribution in [0.5, 0.6) is 0 Å². The number of unbranched alkanes of at least 4 members (excludes halogenated alkanes) is 1. The van der Waals surface area contributed by atoms with Crippen LogP contribution in [0, 0.1) is 5.92 Å². The van der Waals surface area contributed by atoms with Crippen LogP contribution in [0.1, 0.15) is 53.4 Å². The van der Waals surface area contributed by atoms with Gasteiger partial charge < -0.3 is 15.3 Å². The van der Waals surface area contributed by atoms with E-state index in [4.69, 9.17) is 15.3 Å². The van der Waals surface area contributed by atoms with Crippen LogP contribution in [0.3, 0.4) is 0 Å². The highest BCUT2D eigenvalue weighted by Crippen LogP contribution is 2.11. The quantitative estimate of drug-likeness (QED) is 0.514. The molecule has 0 heterocycles. The molecule has 0 bridgehead atoms. The summed E-state index contributed by atoms with van der Waals surface area (Å²) < 4.78 is 0. The Morgan fingerprint density at radius 1 is 1.18 bits per heavy atom. The minimum Gasteiger partial charge on any atom is -0.481 e. The SMILES string of the molecule is CC(O)NC(C)O.CCCCC(CC)C(=O)O. The molecule has 0 radical (unpaired) electrons. The molecule has 0 aromatic carbocycles. The van der Waals surface area contributed by atoms with Crippen LogP contribution in [-0.4, -0.2) is 33.7 Å². The second-order valence-electron chi connectivity index (χ2n) is 4.10. The van der Waals surface area contributed by atoms with Gasteiger partial charge in [0.05, 0.1) is 5.92 Å². The zero-order valence-electron chi connectivity index (χ0n) is 11.3. The van der Waals surface area contributed by atoms with E-state index in [1.54, 1.807) is 13.8 Å². The number of aliphatic hydroxyl groups is 2. The van der Waals surface area contributed by atoms with Crippen molar-refractivity contribution in [3.63, 3.8) is 0 Å². The Hall–Kier alpha value is -0.650. The fourth-order valence-electron chi connectivity index (χ4n) is 1.30. The molecule has 0 saturated heterocycles. The summed E-state index contributed by atoms with van der Waals surface area (Å²) in [5, 5.41) is 27.9. The number of carboxylic acid groups (broad SMARTS) is 1. The molecular weight excluding hydrogens is 222 g/mol. The third-order valence-corrected chi connectivity index (χ3v) is 2.23. The number of aliphatic hydroxyl groups excluding tert-OH is 2. The summed E-state index contributed by atoms with van der Waals surface area (Å²) in [7, 11) is 0. The molecule has 0 fully saturated rings. The molecule has 0 rings (SSSR count). The molecule has 0 aliphatic heterocycles. The number of hydrogen-bond acceptors (Lipinski definition) is 4. The molecular formula is C12H27NO4. The molecule has 3 atom stereocenters. The Morgan fingerprint density at radius 2 is 1.65 bits per heavy atom. The lowest BCUT2D eigenvalue weighted by atomic mass is 10.00. The lowest BCUT2D eigenvalue weighted by Gasteiger charge is -2.08. The van der Waals surface area contributed by atoms with Crippen molar-refractivity contribution >= 4 is 5.97 Å². The molecule has 0 aromatic rings. The van der Waals surface area contributed by atoms with Crippen molar-refractivity contribution in [3.05, 3.63) is 0 Å². The van der Waals surface area contributed by atoms with Gasteiger partial charge in [-0.15, -0.1) is 0 Å². The first kappa shape index (κ1) is 18.7. The number of rotatable bonds is 7. The molecule has 0 aliphatic rings. The maximum Gasteiger partial charge on any atom is 0.306 e. The molecule has 104 valence electrons. The van der Waals surface area contributed by atoms with Crippen LogP contribution in [0.15, 0.2) is 0 Å². The molecule has 0 spiro atoms. The Bertz CT molecular complexity index is 177. The molecule has 17 heavy (non-hydrogen) atoms. The van der Waals surface area contributed by atoms with Crippen molar-refractivity contribution in [2.75, 3.05) is 0 Å². The second kappa shape index (κ2) is 11.8. The van der Waals surface area contributed by atoms with Crippen molar-refractivity contribution in [2.45, 2.75) is 65.8 Å². The van der Waals surface area contributed by atoms with Gasteiger partial charge in [0, 0.05) is 0 Å². The lowest BCUT2D eigenvalue weighted by Crippen LogP contribution is -2.33. The van der Waals surface area contributed by atoms with Gasteiger partial charge in [0.25, 0.3) is 0 Å². The van der Waals surface area contributed by atoms with E-state index < -0.39 is 18.4 Å². The van der Waals surface area contributed by atoms with Crippen LogP contribution in [0.25, 0.3) is 0 Å². The lowest BCUT2D eigenvalue weighted by molar-refractivity contribution is -0.142. The van der Waals surface area contributed by atoms with Gasteiger partial charge in [-0.25, -0.2) is 0 Å². The number of nitrogens with one attached hydrogen (secondary N) is 1. The van der Waals surface area contributed by atoms with Crippen molar-refractivity contribution in [1.29, 1.82) is 0 Å². The third-order valence-electron chi connectivity index (χ3n) is 2.23. The summed E-state index contributed by atoms with van der Waals surface area (Å²) in [6.45, 7) is 7.10. The van der Waals surface area contributed by atoms with E-state index in [0.29, 0.717) is 0 Å². The smallest absolute Gasteiger partial charge is 0.306 e. The minimum absolute atomic E-state index is 0.111. The Labute approximate surface area is 104 Å². The van der Waals surface area contributed by atoms with E-state index in [0.717, 1.165) is 25.7 Å². The van der Waals surface area contributed by atoms with Gasteiger partial charge in [-0.3, -0.25) is 10.1 Å². The van der Waals surface area contributed by atoms with Gasteiger partial charge in [-0.1, -0.05) is 26.7 Å². The van der Waals surface area contributed by atoms with E-state index in [1.165, 1.54) is 0 Å². The zero-order valence-corrected chi connectivity index (χ0v) is 11.3. The fraction of sp³-hybridized carbons (Fsp3) is 0.917. The average molecular weight is 249 g/mol. The maximum absolute atomic E-state index is 10.4. The molecule has 0 aromatic heterocycles. The van der Waals surface area contributed by atoms with Crippen LogP contribution in [0.2, 0.25) is 0 Å². The molecule has 0 saturated carbocycles. The molecule has 5 heteroatoms. The van der Waals surface area contributed by atoms with E-state index in [1.807, 2.05) is 6.92 Å². The Balaban J connectivity index is 0. The van der Waals surface area contributed by atoms with Gasteiger partial charge in [0.1, 0.15) is 12.5 Å². The van der Waals surface area contributed by atoms with Crippen molar-refractivity contribution in [3.8, 4) is 0 Å². The minimum atomic E-state index is -0.643. The molecule has 0 aliphatic carbocycles. The van der Waals surface area contributed by atoms with Crippen LogP contribution < -0.4 is 5.32 Å². The van der Waals surface area contributed by atoms with Crippen molar-refractivity contribution < 1.29 is 20.1 Å². The third kappa shape index (κ3) is 15.4. The van der Waals surface area contributed by atoms with Gasteiger partial charge in [0.2, 0.25) is 0 Å². The summed E-state index contributed by atoms with van der Waals surface area (Å²) in [6.07, 6.45) is 2.46. The highest BCUT2D eigenvalue weighted by atomic mass is 16.4. The monoisotopic (exact) mass is 249 g/mol. The van der Waals surface area contributed by atoms with Crippen molar-refractivity contribution in [2.24, 2.45) is 5.92 Å². The first-order chi connectivity index (χ1) is 7.84. The molecule has 3 unspecified atom stereocenters. The number of carbonyl (C=O) groups is 1. The average Bonchev–Trinajstić information content (AvgIpc) is 2.17. The summed E-state index contributed by atoms with van der Waals surface area (Å²) in [4.78, 5) is 10.4. The summed E-state index contributed by atoms with van der Waals surface area (Å²) in [5.41, 5.74) is 0. The molecule has 4 N–H and O–H groups in total. The van der Waals surface area contributed by atoms with Gasteiger partial charge in [-0.2, -0.15) is 0 Å². The Morgan fingerprint density at radius 3 is 1.82 bits per heavy atom. The summed E-state index contributed by atoms with van der Waals surface area (Å²) in [6, 6.07) is 0. The topological polar surface area (TPSA) is 89.8 Å². The first-order valence-corrected chi connectivity index (χ1v) is 6.20. The van der Waals surface area contributed by atoms with E-state index >= 15 is 0 Å². The number of carboxylic acids is 1. The van der Waals surface area contributed by atoms with Gasteiger partial charge in [0.15, 0.2) is 0 Å². The number of hydrogen-bond donors (Lipinski definition) is 4. The predicted molar refractivity (Wildman–Crippen MR) is 67.4 cm³/mol. The zero-order chi connectivity index (χ0) is 13.8. The van der Waals surface area contributed by atoms with Crippen LogP contribution >= 0.6 is 0 Å². The predicted octanol–water partition coefficient (Wildman–Crippen LogP) is 1.54. The first-order valence-electron chi connectivity index (χ1n) is 6.20. The van der Waals surface area contributed by atoms with E-state index in [-0.39, 0.29) is 5.92 Å². The molecule has 0 amide bonds. The highest BCUT2D eigenvalue weighted by Gasteiger charge is 2.12.